The Morgan fingerprint density at radius 2 is 2.05 bits per heavy atom. The average Bonchev–Trinajstić information content (AvgIpc) is 2.87. The van der Waals surface area contributed by atoms with Gasteiger partial charge in [0.05, 0.1) is 7.11 Å². The first-order chi connectivity index (χ1) is 9.40. The van der Waals surface area contributed by atoms with Gasteiger partial charge in [-0.1, -0.05) is 6.07 Å². The first kappa shape index (κ1) is 15.3. The number of hydrogen-bond donors (Lipinski definition) is 1. The van der Waals surface area contributed by atoms with E-state index in [2.05, 4.69) is 5.32 Å². The Hall–Kier alpha value is -1.11. The fraction of sp³-hybridized carbons (Fsp3) is 0.571. The molecule has 0 bridgehead atoms. The maximum atomic E-state index is 12.8. The third-order valence-electron chi connectivity index (χ3n) is 3.77. The second-order valence-corrected chi connectivity index (χ2v) is 7.16. The molecule has 1 unspecified atom stereocenters. The number of aryl methyl sites for hydroxylation is 2. The molecular formula is C14H22N2O3S. The topological polar surface area (TPSA) is 58.6 Å². The van der Waals surface area contributed by atoms with Crippen LogP contribution in [-0.2, 0) is 10.0 Å². The third-order valence-corrected chi connectivity index (χ3v) is 5.64. The molecule has 1 atom stereocenters. The number of nitrogens with one attached hydrogen (secondary N) is 1. The molecule has 1 heterocycles. The van der Waals surface area contributed by atoms with E-state index in [1.54, 1.807) is 6.07 Å². The van der Waals surface area contributed by atoms with Crippen LogP contribution in [0.5, 0.6) is 5.75 Å². The molecule has 0 aliphatic carbocycles. The summed E-state index contributed by atoms with van der Waals surface area (Å²) in [7, 11) is -0.131. The molecule has 112 valence electrons. The first-order valence-electron chi connectivity index (χ1n) is 6.72. The molecule has 1 fully saturated rings. The fourth-order valence-electron chi connectivity index (χ4n) is 2.69. The molecular weight excluding hydrogens is 276 g/mol. The zero-order valence-electron chi connectivity index (χ0n) is 12.4. The van der Waals surface area contributed by atoms with Crippen LogP contribution >= 0.6 is 0 Å². The lowest BCUT2D eigenvalue weighted by molar-refractivity contribution is 0.394. The van der Waals surface area contributed by atoms with Crippen LogP contribution in [-0.4, -0.2) is 46.0 Å². The molecule has 0 spiro atoms. The van der Waals surface area contributed by atoms with E-state index >= 15 is 0 Å². The van der Waals surface area contributed by atoms with E-state index in [0.717, 1.165) is 17.5 Å². The molecule has 0 radical (unpaired) electrons. The summed E-state index contributed by atoms with van der Waals surface area (Å²) >= 11 is 0. The van der Waals surface area contributed by atoms with Crippen LogP contribution in [0.25, 0.3) is 0 Å². The number of ether oxygens (including phenoxy) is 1. The van der Waals surface area contributed by atoms with E-state index in [0.29, 0.717) is 18.8 Å². The average molecular weight is 298 g/mol. The highest BCUT2D eigenvalue weighted by Gasteiger charge is 2.34. The van der Waals surface area contributed by atoms with Crippen molar-refractivity contribution in [2.45, 2.75) is 31.2 Å². The van der Waals surface area contributed by atoms with Gasteiger partial charge in [-0.2, -0.15) is 4.31 Å². The molecule has 1 aromatic rings. The molecule has 20 heavy (non-hydrogen) atoms. The summed E-state index contributed by atoms with van der Waals surface area (Å²) in [6, 6.07) is 3.84. The van der Waals surface area contributed by atoms with E-state index in [1.165, 1.54) is 11.4 Å². The number of methoxy groups -OCH3 is 1. The number of likely N-dealkylation sites (N-methyl/N-ethyl adjacent to an activating group) is 1. The number of nitrogens with zero attached hydrogens (tertiary/aromatic N) is 1. The lowest BCUT2D eigenvalue weighted by Crippen LogP contribution is -2.33. The van der Waals surface area contributed by atoms with Crippen LogP contribution in [0, 0.1) is 13.8 Å². The summed E-state index contributed by atoms with van der Waals surface area (Å²) in [6.07, 6.45) is 0.836. The van der Waals surface area contributed by atoms with Crippen molar-refractivity contribution in [3.8, 4) is 5.75 Å². The van der Waals surface area contributed by atoms with Gasteiger partial charge >= 0.3 is 0 Å². The van der Waals surface area contributed by atoms with E-state index in [1.807, 2.05) is 27.0 Å². The van der Waals surface area contributed by atoms with Gasteiger partial charge in [0.25, 0.3) is 0 Å². The van der Waals surface area contributed by atoms with Gasteiger partial charge in [0.2, 0.25) is 10.0 Å². The molecule has 6 heteroatoms. The Kier molecular flexibility index (Phi) is 4.36. The van der Waals surface area contributed by atoms with Crippen LogP contribution in [0.3, 0.4) is 0 Å². The maximum Gasteiger partial charge on any atom is 0.246 e. The fourth-order valence-corrected chi connectivity index (χ4v) is 4.50. The van der Waals surface area contributed by atoms with Crippen LogP contribution in [0.15, 0.2) is 17.0 Å². The molecule has 1 aliphatic rings. The predicted octanol–water partition coefficient (Wildman–Crippen LogP) is 1.29. The summed E-state index contributed by atoms with van der Waals surface area (Å²) in [5, 5.41) is 3.13. The van der Waals surface area contributed by atoms with Crippen molar-refractivity contribution in [2.24, 2.45) is 0 Å². The molecule has 0 aromatic heterocycles. The van der Waals surface area contributed by atoms with Crippen molar-refractivity contribution in [3.05, 3.63) is 23.3 Å². The van der Waals surface area contributed by atoms with Crippen LogP contribution in [0.4, 0.5) is 0 Å². The first-order valence-corrected chi connectivity index (χ1v) is 8.16. The summed E-state index contributed by atoms with van der Waals surface area (Å²) in [5.74, 6) is 0.448. The standard InChI is InChI=1S/C14H22N2O3S/c1-10-7-11(2)14(19-4)13(8-10)20(17,18)16-6-5-12(9-16)15-3/h7-8,12,15H,5-6,9H2,1-4H3. The maximum absolute atomic E-state index is 12.8. The van der Waals surface area contributed by atoms with Gasteiger partial charge in [0.1, 0.15) is 10.6 Å². The van der Waals surface area contributed by atoms with E-state index in [9.17, 15) is 8.42 Å². The van der Waals surface area contributed by atoms with Crippen molar-refractivity contribution in [1.29, 1.82) is 0 Å². The van der Waals surface area contributed by atoms with Gasteiger partial charge in [0, 0.05) is 19.1 Å². The summed E-state index contributed by atoms with van der Waals surface area (Å²) in [4.78, 5) is 0.272. The van der Waals surface area contributed by atoms with Gasteiger partial charge in [-0.05, 0) is 44.5 Å². The minimum absolute atomic E-state index is 0.224. The number of benzene rings is 1. The molecule has 1 N–H and O–H groups in total. The van der Waals surface area contributed by atoms with Gasteiger partial charge < -0.3 is 10.1 Å². The highest BCUT2D eigenvalue weighted by Crippen LogP contribution is 2.32. The summed E-state index contributed by atoms with van der Waals surface area (Å²) < 4.78 is 32.4. The van der Waals surface area contributed by atoms with Crippen molar-refractivity contribution in [1.82, 2.24) is 9.62 Å². The monoisotopic (exact) mass is 298 g/mol. The minimum Gasteiger partial charge on any atom is -0.495 e. The number of rotatable bonds is 4. The van der Waals surface area contributed by atoms with Crippen molar-refractivity contribution in [3.63, 3.8) is 0 Å². The van der Waals surface area contributed by atoms with Gasteiger partial charge in [-0.25, -0.2) is 8.42 Å². The lowest BCUT2D eigenvalue weighted by atomic mass is 10.1. The second-order valence-electron chi connectivity index (χ2n) is 5.25. The molecule has 0 amide bonds. The quantitative estimate of drug-likeness (QED) is 0.910. The molecule has 1 saturated heterocycles. The van der Waals surface area contributed by atoms with Gasteiger partial charge in [-0.15, -0.1) is 0 Å². The lowest BCUT2D eigenvalue weighted by Gasteiger charge is -2.20. The Morgan fingerprint density at radius 1 is 1.35 bits per heavy atom. The highest BCUT2D eigenvalue weighted by atomic mass is 32.2. The normalized spacial score (nSPS) is 20.3. The second kappa shape index (κ2) is 5.71. The van der Waals surface area contributed by atoms with Crippen molar-refractivity contribution in [2.75, 3.05) is 27.2 Å². The Balaban J connectivity index is 2.45. The van der Waals surface area contributed by atoms with Gasteiger partial charge in [0.15, 0.2) is 0 Å². The van der Waals surface area contributed by atoms with E-state index in [-0.39, 0.29) is 10.9 Å². The molecule has 1 aliphatic heterocycles. The van der Waals surface area contributed by atoms with Crippen LogP contribution in [0.1, 0.15) is 17.5 Å². The number of sulfonamides is 1. The highest BCUT2D eigenvalue weighted by molar-refractivity contribution is 7.89. The van der Waals surface area contributed by atoms with E-state index < -0.39 is 10.0 Å². The van der Waals surface area contributed by atoms with Crippen LogP contribution < -0.4 is 10.1 Å². The van der Waals surface area contributed by atoms with E-state index in [4.69, 9.17) is 4.74 Å². The van der Waals surface area contributed by atoms with Crippen molar-refractivity contribution < 1.29 is 13.2 Å². The van der Waals surface area contributed by atoms with Crippen molar-refractivity contribution >= 4 is 10.0 Å². The smallest absolute Gasteiger partial charge is 0.246 e. The Bertz CT molecular complexity index is 599. The SMILES string of the molecule is CNC1CCN(S(=O)(=O)c2cc(C)cc(C)c2OC)C1. The Labute approximate surface area is 121 Å². The summed E-state index contributed by atoms with van der Waals surface area (Å²) in [5.41, 5.74) is 1.77. The minimum atomic E-state index is -3.50. The summed E-state index contributed by atoms with van der Waals surface area (Å²) in [6.45, 7) is 4.82. The van der Waals surface area contributed by atoms with Gasteiger partial charge in [-0.3, -0.25) is 0 Å². The molecule has 5 nitrogen and oxygen atoms in total. The third kappa shape index (κ3) is 2.68. The molecule has 2 rings (SSSR count). The predicted molar refractivity (Wildman–Crippen MR) is 78.7 cm³/mol. The zero-order chi connectivity index (χ0) is 14.9. The zero-order valence-corrected chi connectivity index (χ0v) is 13.3. The van der Waals surface area contributed by atoms with Crippen LogP contribution in [0.2, 0.25) is 0 Å². The molecule has 1 aromatic carbocycles. The number of hydrogen-bond acceptors (Lipinski definition) is 4. The molecule has 0 saturated carbocycles. The Morgan fingerprint density at radius 3 is 2.60 bits per heavy atom. The largest absolute Gasteiger partial charge is 0.495 e.